The summed E-state index contributed by atoms with van der Waals surface area (Å²) in [5, 5.41) is 0. The van der Waals surface area contributed by atoms with Crippen molar-refractivity contribution in [2.24, 2.45) is 0 Å². The molecule has 2 aromatic rings. The van der Waals surface area contributed by atoms with E-state index in [9.17, 15) is 0 Å². The van der Waals surface area contributed by atoms with E-state index in [1.807, 2.05) is 0 Å². The van der Waals surface area contributed by atoms with Gasteiger partial charge in [-0.05, 0) is 18.6 Å². The van der Waals surface area contributed by atoms with Gasteiger partial charge in [-0.1, -0.05) is 31.9 Å². The molecule has 1 fully saturated rings. The monoisotopic (exact) mass is 287 g/mol. The molecule has 3 rings (SSSR count). The molecule has 0 saturated carbocycles. The molecular formula is C17H25N3O. The van der Waals surface area contributed by atoms with Crippen LogP contribution in [0.3, 0.4) is 0 Å². The Labute approximate surface area is 126 Å². The van der Waals surface area contributed by atoms with Crippen LogP contribution in [0, 0.1) is 0 Å². The molecule has 1 aromatic carbocycles. The number of hydrogen-bond acceptors (Lipinski definition) is 3. The lowest BCUT2D eigenvalue weighted by Gasteiger charge is -2.26. The molecule has 4 heteroatoms. The topological polar surface area (TPSA) is 30.3 Å². The average molecular weight is 287 g/mol. The highest BCUT2D eigenvalue weighted by Crippen LogP contribution is 2.19. The van der Waals surface area contributed by atoms with Crippen LogP contribution < -0.4 is 0 Å². The predicted octanol–water partition coefficient (Wildman–Crippen LogP) is 3.06. The van der Waals surface area contributed by atoms with E-state index in [2.05, 4.69) is 40.7 Å². The Hall–Kier alpha value is -1.39. The second kappa shape index (κ2) is 7.05. The molecule has 1 aliphatic heterocycles. The Kier molecular flexibility index (Phi) is 4.88. The summed E-state index contributed by atoms with van der Waals surface area (Å²) in [6.07, 6.45) is 3.77. The summed E-state index contributed by atoms with van der Waals surface area (Å²) in [7, 11) is 0. The van der Waals surface area contributed by atoms with Gasteiger partial charge in [-0.25, -0.2) is 4.98 Å². The molecule has 1 saturated heterocycles. The molecule has 1 aromatic heterocycles. The second-order valence-electron chi connectivity index (χ2n) is 5.76. The van der Waals surface area contributed by atoms with Gasteiger partial charge in [-0.2, -0.15) is 0 Å². The third kappa shape index (κ3) is 3.44. The van der Waals surface area contributed by atoms with Crippen molar-refractivity contribution in [2.75, 3.05) is 26.3 Å². The lowest BCUT2D eigenvalue weighted by molar-refractivity contribution is 0.0326. The van der Waals surface area contributed by atoms with Gasteiger partial charge in [0, 0.05) is 19.6 Å². The molecule has 4 nitrogen and oxygen atoms in total. The molecule has 0 unspecified atom stereocenters. The number of morpholine rings is 1. The van der Waals surface area contributed by atoms with Gasteiger partial charge < -0.3 is 9.30 Å². The summed E-state index contributed by atoms with van der Waals surface area (Å²) in [4.78, 5) is 7.31. The van der Waals surface area contributed by atoms with Gasteiger partial charge in [0.1, 0.15) is 5.82 Å². The highest BCUT2D eigenvalue weighted by Gasteiger charge is 2.16. The Bertz CT molecular complexity index is 572. The third-order valence-corrected chi connectivity index (χ3v) is 4.19. The number of imidazole rings is 1. The number of hydrogen-bond donors (Lipinski definition) is 0. The number of aromatic nitrogens is 2. The average Bonchev–Trinajstić information content (AvgIpc) is 2.86. The highest BCUT2D eigenvalue weighted by molar-refractivity contribution is 5.75. The van der Waals surface area contributed by atoms with Crippen LogP contribution in [0.1, 0.15) is 32.0 Å². The molecule has 0 bridgehead atoms. The minimum atomic E-state index is 0.843. The molecule has 21 heavy (non-hydrogen) atoms. The number of unbranched alkanes of at least 4 members (excludes halogenated alkanes) is 2. The number of fused-ring (bicyclic) bond motifs is 1. The van der Waals surface area contributed by atoms with Gasteiger partial charge in [0.2, 0.25) is 0 Å². The smallest absolute Gasteiger partial charge is 0.124 e. The lowest BCUT2D eigenvalue weighted by atomic mass is 10.2. The zero-order valence-electron chi connectivity index (χ0n) is 12.9. The maximum absolute atomic E-state index is 5.44. The number of nitrogens with zero attached hydrogens (tertiary/aromatic N) is 3. The van der Waals surface area contributed by atoms with Gasteiger partial charge >= 0.3 is 0 Å². The fourth-order valence-electron chi connectivity index (χ4n) is 2.97. The van der Waals surface area contributed by atoms with Gasteiger partial charge in [0.15, 0.2) is 0 Å². The quantitative estimate of drug-likeness (QED) is 0.765. The summed E-state index contributed by atoms with van der Waals surface area (Å²) in [5.41, 5.74) is 2.40. The van der Waals surface area contributed by atoms with Crippen LogP contribution in [0.2, 0.25) is 0 Å². The van der Waals surface area contributed by atoms with Crippen LogP contribution in [0.15, 0.2) is 24.3 Å². The van der Waals surface area contributed by atoms with Crippen molar-refractivity contribution in [3.63, 3.8) is 0 Å². The minimum Gasteiger partial charge on any atom is -0.379 e. The van der Waals surface area contributed by atoms with Crippen LogP contribution >= 0.6 is 0 Å². The molecule has 1 aliphatic rings. The van der Waals surface area contributed by atoms with Crippen molar-refractivity contribution >= 4 is 11.0 Å². The second-order valence-corrected chi connectivity index (χ2v) is 5.76. The summed E-state index contributed by atoms with van der Waals surface area (Å²) in [6.45, 7) is 7.97. The van der Waals surface area contributed by atoms with Crippen molar-refractivity contribution in [2.45, 2.75) is 39.3 Å². The number of rotatable bonds is 6. The van der Waals surface area contributed by atoms with Crippen LogP contribution in [-0.4, -0.2) is 40.8 Å². The first-order valence-electron chi connectivity index (χ1n) is 8.12. The molecule has 0 atom stereocenters. The van der Waals surface area contributed by atoms with E-state index < -0.39 is 0 Å². The van der Waals surface area contributed by atoms with Crippen LogP contribution in [0.25, 0.3) is 11.0 Å². The first-order chi connectivity index (χ1) is 10.4. The van der Waals surface area contributed by atoms with E-state index in [0.717, 1.165) is 44.9 Å². The molecule has 2 heterocycles. The Morgan fingerprint density at radius 2 is 1.95 bits per heavy atom. The van der Waals surface area contributed by atoms with Gasteiger partial charge in [-0.15, -0.1) is 0 Å². The summed E-state index contributed by atoms with van der Waals surface area (Å²) in [6, 6.07) is 8.49. The number of benzene rings is 1. The zero-order valence-corrected chi connectivity index (χ0v) is 12.9. The van der Waals surface area contributed by atoms with E-state index in [1.54, 1.807) is 0 Å². The van der Waals surface area contributed by atoms with Gasteiger partial charge in [0.05, 0.1) is 30.8 Å². The number of ether oxygens (including phenoxy) is 1. The third-order valence-electron chi connectivity index (χ3n) is 4.19. The maximum Gasteiger partial charge on any atom is 0.124 e. The van der Waals surface area contributed by atoms with E-state index >= 15 is 0 Å². The largest absolute Gasteiger partial charge is 0.379 e. The molecule has 0 spiro atoms. The van der Waals surface area contributed by atoms with E-state index in [4.69, 9.17) is 9.72 Å². The van der Waals surface area contributed by atoms with Crippen molar-refractivity contribution < 1.29 is 4.74 Å². The zero-order chi connectivity index (χ0) is 14.5. The highest BCUT2D eigenvalue weighted by atomic mass is 16.5. The maximum atomic E-state index is 5.44. The molecule has 0 amide bonds. The molecular weight excluding hydrogens is 262 g/mol. The number of aryl methyl sites for hydroxylation is 1. The van der Waals surface area contributed by atoms with Crippen molar-refractivity contribution in [1.82, 2.24) is 14.5 Å². The van der Waals surface area contributed by atoms with E-state index in [1.165, 1.54) is 30.6 Å². The minimum absolute atomic E-state index is 0.843. The summed E-state index contributed by atoms with van der Waals surface area (Å²) < 4.78 is 7.85. The fraction of sp³-hybridized carbons (Fsp3) is 0.588. The summed E-state index contributed by atoms with van der Waals surface area (Å²) >= 11 is 0. The predicted molar refractivity (Wildman–Crippen MR) is 85.4 cm³/mol. The fourth-order valence-corrected chi connectivity index (χ4v) is 2.97. The molecule has 0 aliphatic carbocycles. The van der Waals surface area contributed by atoms with Gasteiger partial charge in [0.25, 0.3) is 0 Å². The van der Waals surface area contributed by atoms with E-state index in [0.29, 0.717) is 0 Å². The van der Waals surface area contributed by atoms with Gasteiger partial charge in [-0.3, -0.25) is 4.90 Å². The Morgan fingerprint density at radius 3 is 2.76 bits per heavy atom. The molecule has 0 radical (unpaired) electrons. The number of para-hydroxylation sites is 2. The molecule has 114 valence electrons. The van der Waals surface area contributed by atoms with Crippen molar-refractivity contribution in [3.8, 4) is 0 Å². The first-order valence-corrected chi connectivity index (χ1v) is 8.12. The standard InChI is InChI=1S/C17H25N3O/c1-2-3-6-9-20-16-8-5-4-7-15(16)18-17(20)14-19-10-12-21-13-11-19/h4-5,7-8H,2-3,6,9-14H2,1H3. The molecule has 0 N–H and O–H groups in total. The van der Waals surface area contributed by atoms with Crippen LogP contribution in [-0.2, 0) is 17.8 Å². The Balaban J connectivity index is 1.82. The SMILES string of the molecule is CCCCCn1c(CN2CCOCC2)nc2ccccc21. The Morgan fingerprint density at radius 1 is 1.14 bits per heavy atom. The van der Waals surface area contributed by atoms with Crippen LogP contribution in [0.5, 0.6) is 0 Å². The van der Waals surface area contributed by atoms with Crippen molar-refractivity contribution in [3.05, 3.63) is 30.1 Å². The lowest BCUT2D eigenvalue weighted by Crippen LogP contribution is -2.36. The first kappa shape index (κ1) is 14.5. The van der Waals surface area contributed by atoms with Crippen LogP contribution in [0.4, 0.5) is 0 Å². The van der Waals surface area contributed by atoms with Crippen molar-refractivity contribution in [1.29, 1.82) is 0 Å². The normalized spacial score (nSPS) is 16.6. The van der Waals surface area contributed by atoms with E-state index in [-0.39, 0.29) is 0 Å². The summed E-state index contributed by atoms with van der Waals surface area (Å²) in [5.74, 6) is 1.20.